The standard InChI is InChI=1S/C16H24BrClN2O/c1-2-3-4-5-6-7-8-9-10-19-16(21)14-11-13(17)12-20-15(14)18/h11-12H,2-10H2,1H3,(H,19,21). The highest BCUT2D eigenvalue weighted by Crippen LogP contribution is 2.17. The number of aromatic nitrogens is 1. The fraction of sp³-hybridized carbons (Fsp3) is 0.625. The monoisotopic (exact) mass is 374 g/mol. The molecule has 0 fully saturated rings. The van der Waals surface area contributed by atoms with Gasteiger partial charge >= 0.3 is 0 Å². The zero-order valence-electron chi connectivity index (χ0n) is 12.6. The van der Waals surface area contributed by atoms with Crippen molar-refractivity contribution in [3.05, 3.63) is 27.5 Å². The Morgan fingerprint density at radius 3 is 2.48 bits per heavy atom. The Labute approximate surface area is 141 Å². The van der Waals surface area contributed by atoms with Crippen LogP contribution in [0.2, 0.25) is 5.15 Å². The second-order valence-corrected chi connectivity index (χ2v) is 6.50. The highest BCUT2D eigenvalue weighted by molar-refractivity contribution is 9.10. The SMILES string of the molecule is CCCCCCCCCCNC(=O)c1cc(Br)cnc1Cl. The van der Waals surface area contributed by atoms with Crippen LogP contribution in [0.3, 0.4) is 0 Å². The van der Waals surface area contributed by atoms with Gasteiger partial charge in [-0.15, -0.1) is 0 Å². The first-order valence-corrected chi connectivity index (χ1v) is 8.91. The fourth-order valence-corrected chi connectivity index (χ4v) is 2.66. The minimum atomic E-state index is -0.156. The van der Waals surface area contributed by atoms with Gasteiger partial charge in [-0.1, -0.05) is 63.5 Å². The Morgan fingerprint density at radius 2 is 1.81 bits per heavy atom. The van der Waals surface area contributed by atoms with Gasteiger partial charge in [0.15, 0.2) is 0 Å². The summed E-state index contributed by atoms with van der Waals surface area (Å²) in [6.45, 7) is 2.92. The minimum Gasteiger partial charge on any atom is -0.352 e. The molecule has 0 spiro atoms. The van der Waals surface area contributed by atoms with E-state index in [0.29, 0.717) is 12.1 Å². The minimum absolute atomic E-state index is 0.156. The van der Waals surface area contributed by atoms with Crippen LogP contribution in [0.5, 0.6) is 0 Å². The average Bonchev–Trinajstić information content (AvgIpc) is 2.48. The molecule has 0 aliphatic carbocycles. The molecule has 1 rings (SSSR count). The first kappa shape index (κ1) is 18.4. The molecule has 0 radical (unpaired) electrons. The average molecular weight is 376 g/mol. The van der Waals surface area contributed by atoms with Crippen LogP contribution in [-0.2, 0) is 0 Å². The lowest BCUT2D eigenvalue weighted by atomic mass is 10.1. The molecule has 0 aromatic carbocycles. The van der Waals surface area contributed by atoms with Gasteiger partial charge in [0.1, 0.15) is 5.15 Å². The van der Waals surface area contributed by atoms with Gasteiger partial charge in [-0.2, -0.15) is 0 Å². The number of nitrogens with zero attached hydrogens (tertiary/aromatic N) is 1. The van der Waals surface area contributed by atoms with E-state index in [4.69, 9.17) is 11.6 Å². The Balaban J connectivity index is 2.12. The molecule has 3 nitrogen and oxygen atoms in total. The molecular weight excluding hydrogens is 352 g/mol. The van der Waals surface area contributed by atoms with Crippen LogP contribution >= 0.6 is 27.5 Å². The topological polar surface area (TPSA) is 42.0 Å². The van der Waals surface area contributed by atoms with Crippen molar-refractivity contribution in [3.8, 4) is 0 Å². The van der Waals surface area contributed by atoms with Crippen molar-refractivity contribution in [1.29, 1.82) is 0 Å². The maximum atomic E-state index is 12.0. The molecular formula is C16H24BrClN2O. The van der Waals surface area contributed by atoms with Crippen molar-refractivity contribution in [1.82, 2.24) is 10.3 Å². The third-order valence-electron chi connectivity index (χ3n) is 3.37. The number of amides is 1. The molecule has 0 atom stereocenters. The van der Waals surface area contributed by atoms with E-state index in [1.807, 2.05) is 0 Å². The number of carbonyl (C=O) groups excluding carboxylic acids is 1. The van der Waals surface area contributed by atoms with Gasteiger partial charge in [0.25, 0.3) is 5.91 Å². The van der Waals surface area contributed by atoms with Crippen LogP contribution in [0.25, 0.3) is 0 Å². The van der Waals surface area contributed by atoms with Crippen LogP contribution in [0, 0.1) is 0 Å². The molecule has 0 saturated heterocycles. The van der Waals surface area contributed by atoms with E-state index in [-0.39, 0.29) is 11.1 Å². The Bertz CT molecular complexity index is 440. The third-order valence-corrected chi connectivity index (χ3v) is 4.10. The Morgan fingerprint density at radius 1 is 1.19 bits per heavy atom. The smallest absolute Gasteiger partial charge is 0.254 e. The first-order valence-electron chi connectivity index (χ1n) is 7.74. The number of nitrogens with one attached hydrogen (secondary N) is 1. The molecule has 5 heteroatoms. The normalized spacial score (nSPS) is 10.6. The van der Waals surface area contributed by atoms with Crippen LogP contribution < -0.4 is 5.32 Å². The summed E-state index contributed by atoms with van der Waals surface area (Å²) in [5.74, 6) is -0.156. The number of pyridine rings is 1. The summed E-state index contributed by atoms with van der Waals surface area (Å²) >= 11 is 9.21. The number of halogens is 2. The molecule has 118 valence electrons. The van der Waals surface area contributed by atoms with E-state index in [0.717, 1.165) is 17.3 Å². The molecule has 21 heavy (non-hydrogen) atoms. The summed E-state index contributed by atoms with van der Waals surface area (Å²) in [5.41, 5.74) is 0.422. The molecule has 0 aliphatic rings. The fourth-order valence-electron chi connectivity index (χ4n) is 2.14. The van der Waals surface area contributed by atoms with E-state index in [2.05, 4.69) is 33.2 Å². The van der Waals surface area contributed by atoms with Crippen molar-refractivity contribution in [2.45, 2.75) is 58.3 Å². The van der Waals surface area contributed by atoms with Crippen molar-refractivity contribution in [2.75, 3.05) is 6.54 Å². The summed E-state index contributed by atoms with van der Waals surface area (Å²) in [5, 5.41) is 3.14. The first-order chi connectivity index (χ1) is 10.1. The van der Waals surface area contributed by atoms with Crippen LogP contribution in [0.15, 0.2) is 16.7 Å². The van der Waals surface area contributed by atoms with Crippen LogP contribution in [0.1, 0.15) is 68.6 Å². The molecule has 0 bridgehead atoms. The number of carbonyl (C=O) groups is 1. The second-order valence-electron chi connectivity index (χ2n) is 5.22. The molecule has 0 saturated carbocycles. The number of hydrogen-bond acceptors (Lipinski definition) is 2. The maximum absolute atomic E-state index is 12.0. The zero-order valence-corrected chi connectivity index (χ0v) is 15.0. The van der Waals surface area contributed by atoms with Crippen molar-refractivity contribution in [3.63, 3.8) is 0 Å². The van der Waals surface area contributed by atoms with Gasteiger partial charge < -0.3 is 5.32 Å². The zero-order chi connectivity index (χ0) is 15.5. The summed E-state index contributed by atoms with van der Waals surface area (Å²) in [6.07, 6.45) is 11.6. The van der Waals surface area contributed by atoms with E-state index < -0.39 is 0 Å². The predicted molar refractivity (Wildman–Crippen MR) is 91.9 cm³/mol. The third kappa shape index (κ3) is 7.82. The van der Waals surface area contributed by atoms with Gasteiger partial charge in [0.05, 0.1) is 5.56 Å². The molecule has 1 heterocycles. The van der Waals surface area contributed by atoms with Crippen molar-refractivity contribution < 1.29 is 4.79 Å². The lowest BCUT2D eigenvalue weighted by molar-refractivity contribution is 0.0952. The summed E-state index contributed by atoms with van der Waals surface area (Å²) < 4.78 is 0.754. The summed E-state index contributed by atoms with van der Waals surface area (Å²) in [6, 6.07) is 1.69. The molecule has 1 N–H and O–H groups in total. The lowest BCUT2D eigenvalue weighted by Gasteiger charge is -2.07. The van der Waals surface area contributed by atoms with Crippen molar-refractivity contribution in [2.24, 2.45) is 0 Å². The number of hydrogen-bond donors (Lipinski definition) is 1. The lowest BCUT2D eigenvalue weighted by Crippen LogP contribution is -2.25. The molecule has 0 aliphatic heterocycles. The van der Waals surface area contributed by atoms with E-state index in [1.165, 1.54) is 38.5 Å². The van der Waals surface area contributed by atoms with Crippen LogP contribution in [0.4, 0.5) is 0 Å². The quantitative estimate of drug-likeness (QED) is 0.441. The van der Waals surface area contributed by atoms with E-state index >= 15 is 0 Å². The van der Waals surface area contributed by atoms with Crippen molar-refractivity contribution >= 4 is 33.4 Å². The second kappa shape index (κ2) is 11.0. The van der Waals surface area contributed by atoms with E-state index in [9.17, 15) is 4.79 Å². The molecule has 1 aromatic rings. The molecule has 1 amide bonds. The number of unbranched alkanes of at least 4 members (excludes halogenated alkanes) is 7. The molecule has 0 unspecified atom stereocenters. The maximum Gasteiger partial charge on any atom is 0.254 e. The highest BCUT2D eigenvalue weighted by atomic mass is 79.9. The summed E-state index contributed by atoms with van der Waals surface area (Å²) in [7, 11) is 0. The van der Waals surface area contributed by atoms with Gasteiger partial charge in [-0.05, 0) is 28.4 Å². The van der Waals surface area contributed by atoms with Gasteiger partial charge in [0.2, 0.25) is 0 Å². The highest BCUT2D eigenvalue weighted by Gasteiger charge is 2.11. The Kier molecular flexibility index (Phi) is 9.68. The largest absolute Gasteiger partial charge is 0.352 e. The number of rotatable bonds is 10. The summed E-state index contributed by atoms with van der Waals surface area (Å²) in [4.78, 5) is 15.9. The van der Waals surface area contributed by atoms with Gasteiger partial charge in [-0.25, -0.2) is 4.98 Å². The van der Waals surface area contributed by atoms with Crippen LogP contribution in [-0.4, -0.2) is 17.4 Å². The van der Waals surface area contributed by atoms with Gasteiger partial charge in [0, 0.05) is 17.2 Å². The van der Waals surface area contributed by atoms with E-state index in [1.54, 1.807) is 12.3 Å². The molecule has 1 aromatic heterocycles. The van der Waals surface area contributed by atoms with Gasteiger partial charge in [-0.3, -0.25) is 4.79 Å². The predicted octanol–water partition coefficient (Wildman–Crippen LogP) is 5.37. The Hall–Kier alpha value is -0.610.